The van der Waals surface area contributed by atoms with Gasteiger partial charge in [0.15, 0.2) is 0 Å². The highest BCUT2D eigenvalue weighted by Gasteiger charge is 2.11. The molecule has 0 aliphatic heterocycles. The first-order valence-corrected chi connectivity index (χ1v) is 6.84. The monoisotopic (exact) mass is 288 g/mol. The molecule has 2 rings (SSSR count). The van der Waals surface area contributed by atoms with Crippen LogP contribution in [0.25, 0.3) is 0 Å². The molecular weight excluding hydrogens is 272 g/mol. The average Bonchev–Trinajstić information content (AvgIpc) is 2.34. The number of halogens is 1. The number of rotatable bonds is 3. The molecule has 2 aromatic carbocycles. The second-order valence-electron chi connectivity index (χ2n) is 4.45. The first-order chi connectivity index (χ1) is 8.18. The first kappa shape index (κ1) is 12.4. The maximum absolute atomic E-state index is 3.81. The lowest BCUT2D eigenvalue weighted by Gasteiger charge is -2.14. The van der Waals surface area contributed by atoms with Gasteiger partial charge in [0.1, 0.15) is 0 Å². The summed E-state index contributed by atoms with van der Waals surface area (Å²) in [4.78, 5) is 0.393. The van der Waals surface area contributed by atoms with Gasteiger partial charge >= 0.3 is 0 Å². The summed E-state index contributed by atoms with van der Waals surface area (Å²) in [5, 5.41) is 0. The van der Waals surface area contributed by atoms with Gasteiger partial charge in [-0.2, -0.15) is 0 Å². The van der Waals surface area contributed by atoms with Gasteiger partial charge in [-0.3, -0.25) is 0 Å². The van der Waals surface area contributed by atoms with Gasteiger partial charge in [0.25, 0.3) is 0 Å². The zero-order chi connectivity index (χ0) is 12.3. The fraction of sp³-hybridized carbons (Fsp3) is 0.250. The third-order valence-electron chi connectivity index (χ3n) is 3.24. The second-order valence-corrected chi connectivity index (χ2v) is 5.55. The Labute approximate surface area is 112 Å². The Kier molecular flexibility index (Phi) is 4.01. The molecule has 1 unspecified atom stereocenters. The fourth-order valence-electron chi connectivity index (χ4n) is 2.04. The van der Waals surface area contributed by atoms with Crippen molar-refractivity contribution in [2.24, 2.45) is 0 Å². The lowest BCUT2D eigenvalue weighted by molar-refractivity contribution is 0.935. The van der Waals surface area contributed by atoms with E-state index in [1.807, 2.05) is 0 Å². The van der Waals surface area contributed by atoms with Crippen molar-refractivity contribution in [3.8, 4) is 0 Å². The summed E-state index contributed by atoms with van der Waals surface area (Å²) in [7, 11) is 0. The molecule has 0 aliphatic rings. The summed E-state index contributed by atoms with van der Waals surface area (Å²) in [6, 6.07) is 17.1. The van der Waals surface area contributed by atoms with Gasteiger partial charge in [0.05, 0.1) is 0 Å². The molecule has 0 saturated carbocycles. The van der Waals surface area contributed by atoms with Crippen LogP contribution >= 0.6 is 15.9 Å². The van der Waals surface area contributed by atoms with E-state index in [1.165, 1.54) is 22.3 Å². The van der Waals surface area contributed by atoms with Crippen molar-refractivity contribution in [2.45, 2.75) is 25.1 Å². The molecule has 0 aromatic heterocycles. The molecule has 0 N–H and O–H groups in total. The largest absolute Gasteiger partial charge is 0.0835 e. The molecule has 0 fully saturated rings. The number of benzene rings is 2. The molecule has 0 amide bonds. The predicted octanol–water partition coefficient (Wildman–Crippen LogP) is 4.98. The van der Waals surface area contributed by atoms with E-state index in [-0.39, 0.29) is 0 Å². The van der Waals surface area contributed by atoms with E-state index in [0.29, 0.717) is 4.83 Å². The van der Waals surface area contributed by atoms with Gasteiger partial charge in [-0.25, -0.2) is 0 Å². The maximum Gasteiger partial charge on any atom is 0.0438 e. The molecule has 17 heavy (non-hydrogen) atoms. The Morgan fingerprint density at radius 3 is 2.35 bits per heavy atom. The smallest absolute Gasteiger partial charge is 0.0438 e. The van der Waals surface area contributed by atoms with Crippen molar-refractivity contribution in [3.05, 3.63) is 70.8 Å². The van der Waals surface area contributed by atoms with Crippen molar-refractivity contribution in [3.63, 3.8) is 0 Å². The van der Waals surface area contributed by atoms with Gasteiger partial charge < -0.3 is 0 Å². The molecule has 1 atom stereocenters. The minimum absolute atomic E-state index is 0.393. The van der Waals surface area contributed by atoms with Crippen LogP contribution in [0.4, 0.5) is 0 Å². The zero-order valence-corrected chi connectivity index (χ0v) is 11.9. The Bertz CT molecular complexity index is 488. The topological polar surface area (TPSA) is 0 Å². The second kappa shape index (κ2) is 5.50. The number of aryl methyl sites for hydroxylation is 1. The van der Waals surface area contributed by atoms with Crippen LogP contribution in [0, 0.1) is 13.8 Å². The van der Waals surface area contributed by atoms with Crippen LogP contribution < -0.4 is 0 Å². The third-order valence-corrected chi connectivity index (χ3v) is 4.06. The van der Waals surface area contributed by atoms with Crippen LogP contribution in [0.3, 0.4) is 0 Å². The van der Waals surface area contributed by atoms with Crippen molar-refractivity contribution in [2.75, 3.05) is 0 Å². The van der Waals surface area contributed by atoms with E-state index in [0.717, 1.165) is 6.42 Å². The number of hydrogen-bond donors (Lipinski definition) is 0. The molecule has 0 heterocycles. The van der Waals surface area contributed by atoms with Crippen LogP contribution in [-0.2, 0) is 6.42 Å². The minimum Gasteiger partial charge on any atom is -0.0835 e. The predicted molar refractivity (Wildman–Crippen MR) is 77.7 cm³/mol. The third kappa shape index (κ3) is 2.98. The molecule has 0 bridgehead atoms. The molecule has 88 valence electrons. The summed E-state index contributed by atoms with van der Waals surface area (Å²) < 4.78 is 0. The fourth-order valence-corrected chi connectivity index (χ4v) is 2.91. The highest BCUT2D eigenvalue weighted by Crippen LogP contribution is 2.30. The Balaban J connectivity index is 2.20. The highest BCUT2D eigenvalue weighted by molar-refractivity contribution is 9.09. The van der Waals surface area contributed by atoms with Crippen molar-refractivity contribution >= 4 is 15.9 Å². The van der Waals surface area contributed by atoms with Crippen LogP contribution in [0.5, 0.6) is 0 Å². The molecule has 0 nitrogen and oxygen atoms in total. The molecule has 0 spiro atoms. The zero-order valence-electron chi connectivity index (χ0n) is 10.3. The summed E-state index contributed by atoms with van der Waals surface area (Å²) in [6.07, 6.45) is 1.03. The van der Waals surface area contributed by atoms with Crippen LogP contribution in [0.15, 0.2) is 48.5 Å². The quantitative estimate of drug-likeness (QED) is 0.699. The molecule has 0 saturated heterocycles. The summed E-state index contributed by atoms with van der Waals surface area (Å²) in [5.74, 6) is 0. The molecule has 1 heteroatoms. The Hall–Kier alpha value is -1.08. The molecular formula is C16H17Br. The highest BCUT2D eigenvalue weighted by atomic mass is 79.9. The Morgan fingerprint density at radius 1 is 0.941 bits per heavy atom. The lowest BCUT2D eigenvalue weighted by atomic mass is 9.97. The van der Waals surface area contributed by atoms with E-state index in [2.05, 4.69) is 78.3 Å². The molecule has 0 radical (unpaired) electrons. The van der Waals surface area contributed by atoms with Crippen LogP contribution in [0.1, 0.15) is 27.1 Å². The van der Waals surface area contributed by atoms with E-state index in [1.54, 1.807) is 0 Å². The van der Waals surface area contributed by atoms with Gasteiger partial charge in [0.2, 0.25) is 0 Å². The molecule has 2 aromatic rings. The number of alkyl halides is 1. The maximum atomic E-state index is 3.81. The summed E-state index contributed by atoms with van der Waals surface area (Å²) in [5.41, 5.74) is 5.52. The van der Waals surface area contributed by atoms with Crippen molar-refractivity contribution < 1.29 is 0 Å². The minimum atomic E-state index is 0.393. The Morgan fingerprint density at radius 2 is 1.65 bits per heavy atom. The van der Waals surface area contributed by atoms with Crippen LogP contribution in [-0.4, -0.2) is 0 Å². The number of hydrogen-bond acceptors (Lipinski definition) is 0. The summed E-state index contributed by atoms with van der Waals surface area (Å²) >= 11 is 3.81. The van der Waals surface area contributed by atoms with E-state index >= 15 is 0 Å². The van der Waals surface area contributed by atoms with Crippen molar-refractivity contribution in [1.82, 2.24) is 0 Å². The normalized spacial score (nSPS) is 12.4. The van der Waals surface area contributed by atoms with E-state index in [9.17, 15) is 0 Å². The standard InChI is InChI=1S/C16H17Br/c1-12-7-6-10-15(13(12)2)16(17)11-14-8-4-3-5-9-14/h3-10,16H,11H2,1-2H3. The average molecular weight is 289 g/mol. The van der Waals surface area contributed by atoms with E-state index < -0.39 is 0 Å². The van der Waals surface area contributed by atoms with E-state index in [4.69, 9.17) is 0 Å². The first-order valence-electron chi connectivity index (χ1n) is 5.92. The SMILES string of the molecule is Cc1cccc(C(Br)Cc2ccccc2)c1C. The van der Waals surface area contributed by atoms with Crippen LogP contribution in [0.2, 0.25) is 0 Å². The molecule has 0 aliphatic carbocycles. The van der Waals surface area contributed by atoms with Gasteiger partial charge in [-0.15, -0.1) is 0 Å². The summed E-state index contributed by atoms with van der Waals surface area (Å²) in [6.45, 7) is 4.37. The van der Waals surface area contributed by atoms with Gasteiger partial charge in [0, 0.05) is 4.83 Å². The van der Waals surface area contributed by atoms with Crippen molar-refractivity contribution in [1.29, 1.82) is 0 Å². The van der Waals surface area contributed by atoms with Gasteiger partial charge in [-0.1, -0.05) is 64.5 Å². The lowest BCUT2D eigenvalue weighted by Crippen LogP contribution is -1.99. The van der Waals surface area contributed by atoms with Gasteiger partial charge in [-0.05, 0) is 42.5 Å².